The van der Waals surface area contributed by atoms with Gasteiger partial charge in [0, 0.05) is 6.54 Å². The molecule has 0 aliphatic rings. The fourth-order valence-corrected chi connectivity index (χ4v) is 3.81. The zero-order valence-corrected chi connectivity index (χ0v) is 15.1. The number of hydrogen-bond donors (Lipinski definition) is 1. The van der Waals surface area contributed by atoms with Gasteiger partial charge in [0.1, 0.15) is 11.6 Å². The van der Waals surface area contributed by atoms with Crippen molar-refractivity contribution in [3.8, 4) is 0 Å². The Bertz CT molecular complexity index is 957. The summed E-state index contributed by atoms with van der Waals surface area (Å²) in [6.45, 7) is 0.179. The maximum atomic E-state index is 13.1. The molecule has 0 bridgehead atoms. The SMILES string of the molecule is O=C(NCc1cccc(F)c1)c1ccc(C[S@@](=O)c2ccccc2Cl)o1. The molecule has 2 aromatic carbocycles. The molecule has 0 saturated heterocycles. The number of halogens is 2. The van der Waals surface area contributed by atoms with E-state index in [2.05, 4.69) is 5.32 Å². The molecule has 1 N–H and O–H groups in total. The first-order chi connectivity index (χ1) is 12.5. The highest BCUT2D eigenvalue weighted by molar-refractivity contribution is 7.84. The average Bonchev–Trinajstić information content (AvgIpc) is 3.08. The topological polar surface area (TPSA) is 59.3 Å². The Labute approximate surface area is 157 Å². The van der Waals surface area contributed by atoms with Crippen molar-refractivity contribution in [3.63, 3.8) is 0 Å². The molecule has 3 aromatic rings. The van der Waals surface area contributed by atoms with E-state index in [4.69, 9.17) is 16.0 Å². The van der Waals surface area contributed by atoms with E-state index in [-0.39, 0.29) is 23.9 Å². The third-order valence-electron chi connectivity index (χ3n) is 3.58. The van der Waals surface area contributed by atoms with Gasteiger partial charge in [-0.25, -0.2) is 4.39 Å². The van der Waals surface area contributed by atoms with E-state index in [1.165, 1.54) is 18.2 Å². The van der Waals surface area contributed by atoms with E-state index in [1.54, 1.807) is 42.5 Å². The van der Waals surface area contributed by atoms with E-state index in [0.29, 0.717) is 21.2 Å². The molecule has 0 unspecified atom stereocenters. The Morgan fingerprint density at radius 3 is 2.69 bits per heavy atom. The van der Waals surface area contributed by atoms with Gasteiger partial charge in [0.2, 0.25) is 0 Å². The van der Waals surface area contributed by atoms with Crippen molar-refractivity contribution in [1.29, 1.82) is 0 Å². The number of amides is 1. The summed E-state index contributed by atoms with van der Waals surface area (Å²) < 4.78 is 31.0. The lowest BCUT2D eigenvalue weighted by Crippen LogP contribution is -2.22. The number of benzene rings is 2. The Kier molecular flexibility index (Phi) is 5.85. The van der Waals surface area contributed by atoms with Gasteiger partial charge >= 0.3 is 0 Å². The highest BCUT2D eigenvalue weighted by Gasteiger charge is 2.15. The molecular formula is C19H15ClFNO3S. The van der Waals surface area contributed by atoms with Gasteiger partial charge in [-0.15, -0.1) is 0 Å². The van der Waals surface area contributed by atoms with Gasteiger partial charge in [-0.05, 0) is 42.0 Å². The first kappa shape index (κ1) is 18.4. The van der Waals surface area contributed by atoms with Crippen LogP contribution < -0.4 is 5.32 Å². The molecular weight excluding hydrogens is 377 g/mol. The molecule has 0 radical (unpaired) electrons. The van der Waals surface area contributed by atoms with E-state index in [0.717, 1.165) is 0 Å². The highest BCUT2D eigenvalue weighted by Crippen LogP contribution is 2.22. The van der Waals surface area contributed by atoms with Gasteiger partial charge in [0.05, 0.1) is 26.5 Å². The molecule has 0 fully saturated rings. The summed E-state index contributed by atoms with van der Waals surface area (Å²) in [5.41, 5.74) is 0.643. The van der Waals surface area contributed by atoms with E-state index in [9.17, 15) is 13.4 Å². The van der Waals surface area contributed by atoms with Crippen molar-refractivity contribution < 1.29 is 17.8 Å². The normalized spacial score (nSPS) is 11.9. The molecule has 4 nitrogen and oxygen atoms in total. The lowest BCUT2D eigenvalue weighted by Gasteiger charge is -2.04. The van der Waals surface area contributed by atoms with Crippen molar-refractivity contribution in [1.82, 2.24) is 5.32 Å². The van der Waals surface area contributed by atoms with Crippen molar-refractivity contribution >= 4 is 28.3 Å². The first-order valence-electron chi connectivity index (χ1n) is 7.77. The summed E-state index contributed by atoms with van der Waals surface area (Å²) >= 11 is 6.04. The fourth-order valence-electron chi connectivity index (χ4n) is 2.33. The van der Waals surface area contributed by atoms with Crippen molar-refractivity contribution in [2.45, 2.75) is 17.2 Å². The monoisotopic (exact) mass is 391 g/mol. The van der Waals surface area contributed by atoms with Gasteiger partial charge in [-0.3, -0.25) is 9.00 Å². The minimum Gasteiger partial charge on any atom is -0.455 e. The summed E-state index contributed by atoms with van der Waals surface area (Å²) in [6.07, 6.45) is 0. The smallest absolute Gasteiger partial charge is 0.287 e. The predicted molar refractivity (Wildman–Crippen MR) is 97.8 cm³/mol. The van der Waals surface area contributed by atoms with Crippen LogP contribution in [0.2, 0.25) is 5.02 Å². The Morgan fingerprint density at radius 1 is 1.12 bits per heavy atom. The van der Waals surface area contributed by atoms with Crippen molar-refractivity contribution in [2.75, 3.05) is 0 Å². The van der Waals surface area contributed by atoms with Gasteiger partial charge in [0.15, 0.2) is 5.76 Å². The molecule has 0 saturated carbocycles. The molecule has 3 rings (SSSR count). The van der Waals surface area contributed by atoms with Crippen LogP contribution in [0.4, 0.5) is 4.39 Å². The van der Waals surface area contributed by atoms with E-state index >= 15 is 0 Å². The van der Waals surface area contributed by atoms with Gasteiger partial charge in [-0.2, -0.15) is 0 Å². The Balaban J connectivity index is 1.61. The van der Waals surface area contributed by atoms with Gasteiger partial charge < -0.3 is 9.73 Å². The Hall–Kier alpha value is -2.44. The number of nitrogens with one attached hydrogen (secondary N) is 1. The molecule has 7 heteroatoms. The maximum Gasteiger partial charge on any atom is 0.287 e. The van der Waals surface area contributed by atoms with Crippen LogP contribution in [0, 0.1) is 5.82 Å². The molecule has 1 atom stereocenters. The molecule has 134 valence electrons. The van der Waals surface area contributed by atoms with Crippen molar-refractivity contribution in [2.24, 2.45) is 0 Å². The largest absolute Gasteiger partial charge is 0.455 e. The van der Waals surface area contributed by atoms with E-state index < -0.39 is 16.7 Å². The van der Waals surface area contributed by atoms with Gasteiger partial charge in [0.25, 0.3) is 5.91 Å². The maximum absolute atomic E-state index is 13.1. The molecule has 1 amide bonds. The van der Waals surface area contributed by atoms with Crippen LogP contribution in [0.3, 0.4) is 0 Å². The standard InChI is InChI=1S/C19H15ClFNO3S/c20-16-6-1-2-7-18(16)26(24)12-15-8-9-17(25-15)19(23)22-11-13-4-3-5-14(21)10-13/h1-10H,11-12H2,(H,22,23)/t26-/m1/s1. The number of hydrogen-bond acceptors (Lipinski definition) is 3. The second-order valence-corrected chi connectivity index (χ2v) is 7.33. The average molecular weight is 392 g/mol. The molecule has 0 spiro atoms. The second kappa shape index (κ2) is 8.29. The summed E-state index contributed by atoms with van der Waals surface area (Å²) in [5.74, 6) is -0.157. The zero-order chi connectivity index (χ0) is 18.5. The minimum absolute atomic E-state index is 0.104. The molecule has 1 aromatic heterocycles. The second-order valence-electron chi connectivity index (χ2n) is 5.50. The predicted octanol–water partition coefficient (Wildman–Crippen LogP) is 4.31. The zero-order valence-electron chi connectivity index (χ0n) is 13.6. The summed E-state index contributed by atoms with van der Waals surface area (Å²) in [7, 11) is -1.38. The third kappa shape index (κ3) is 4.59. The van der Waals surface area contributed by atoms with Crippen LogP contribution in [0.5, 0.6) is 0 Å². The minimum atomic E-state index is -1.38. The summed E-state index contributed by atoms with van der Waals surface area (Å²) in [4.78, 5) is 12.6. The number of furan rings is 1. The van der Waals surface area contributed by atoms with Crippen LogP contribution in [-0.4, -0.2) is 10.1 Å². The number of carbonyl (C=O) groups excluding carboxylic acids is 1. The van der Waals surface area contributed by atoms with Crippen LogP contribution in [-0.2, 0) is 23.1 Å². The van der Waals surface area contributed by atoms with Gasteiger partial charge in [-0.1, -0.05) is 35.9 Å². The molecule has 0 aliphatic carbocycles. The number of rotatable bonds is 6. The van der Waals surface area contributed by atoms with E-state index in [1.807, 2.05) is 0 Å². The van der Waals surface area contributed by atoms with Crippen LogP contribution in [0.25, 0.3) is 0 Å². The summed E-state index contributed by atoms with van der Waals surface area (Å²) in [5, 5.41) is 3.08. The number of carbonyl (C=O) groups is 1. The Morgan fingerprint density at radius 2 is 1.92 bits per heavy atom. The van der Waals surface area contributed by atoms with Crippen LogP contribution in [0.15, 0.2) is 70.0 Å². The van der Waals surface area contributed by atoms with Crippen LogP contribution in [0.1, 0.15) is 21.9 Å². The molecule has 0 aliphatic heterocycles. The highest BCUT2D eigenvalue weighted by atomic mass is 35.5. The van der Waals surface area contributed by atoms with Crippen LogP contribution >= 0.6 is 11.6 Å². The first-order valence-corrected chi connectivity index (χ1v) is 9.47. The molecule has 1 heterocycles. The lowest BCUT2D eigenvalue weighted by atomic mass is 10.2. The lowest BCUT2D eigenvalue weighted by molar-refractivity contribution is 0.0921. The third-order valence-corrected chi connectivity index (χ3v) is 5.42. The molecule has 26 heavy (non-hydrogen) atoms. The fraction of sp³-hybridized carbons (Fsp3) is 0.105. The quantitative estimate of drug-likeness (QED) is 0.681. The summed E-state index contributed by atoms with van der Waals surface area (Å²) in [6, 6.07) is 16.0. The van der Waals surface area contributed by atoms with Crippen molar-refractivity contribution in [3.05, 3.63) is 88.6 Å².